The number of rotatable bonds is 4. The number of carbonyl (C=O) groups excluding carboxylic acids is 1. The van der Waals surface area contributed by atoms with Crippen LogP contribution >= 0.6 is 11.6 Å². The summed E-state index contributed by atoms with van der Waals surface area (Å²) in [5, 5.41) is 6.84. The number of hydrogen-bond acceptors (Lipinski definition) is 3. The van der Waals surface area contributed by atoms with Gasteiger partial charge in [-0.25, -0.2) is 0 Å². The number of likely N-dealkylation sites (tertiary alicyclic amines) is 1. The summed E-state index contributed by atoms with van der Waals surface area (Å²) in [6.45, 7) is 4.71. The highest BCUT2D eigenvalue weighted by atomic mass is 35.5. The van der Waals surface area contributed by atoms with Crippen molar-refractivity contribution in [3.8, 4) is 0 Å². The average Bonchev–Trinajstić information content (AvgIpc) is 2.77. The maximum atomic E-state index is 12.3. The summed E-state index contributed by atoms with van der Waals surface area (Å²) in [6, 6.07) is 5.58. The standard InChI is InChI=1S/C14H20ClN3O/c1-3-16-13-5-4-10(15)8-12(13)14(19)17-11-6-7-18(2)9-11/h4-5,8,11,16H,3,6-7,9H2,1-2H3,(H,17,19). The van der Waals surface area contributed by atoms with E-state index >= 15 is 0 Å². The molecule has 0 bridgehead atoms. The highest BCUT2D eigenvalue weighted by molar-refractivity contribution is 6.31. The van der Waals surface area contributed by atoms with Gasteiger partial charge in [0.25, 0.3) is 5.91 Å². The molecule has 104 valence electrons. The Labute approximate surface area is 119 Å². The Hall–Kier alpha value is -1.26. The predicted molar refractivity (Wildman–Crippen MR) is 79.0 cm³/mol. The summed E-state index contributed by atoms with van der Waals surface area (Å²) in [7, 11) is 2.07. The van der Waals surface area contributed by atoms with Crippen molar-refractivity contribution >= 4 is 23.2 Å². The number of benzene rings is 1. The minimum Gasteiger partial charge on any atom is -0.385 e. The zero-order valence-electron chi connectivity index (χ0n) is 11.4. The Morgan fingerprint density at radius 1 is 1.53 bits per heavy atom. The van der Waals surface area contributed by atoms with Crippen molar-refractivity contribution < 1.29 is 4.79 Å². The van der Waals surface area contributed by atoms with E-state index in [9.17, 15) is 4.79 Å². The van der Waals surface area contributed by atoms with E-state index in [1.807, 2.05) is 13.0 Å². The van der Waals surface area contributed by atoms with Crippen molar-refractivity contribution in [1.29, 1.82) is 0 Å². The van der Waals surface area contributed by atoms with E-state index in [0.717, 1.165) is 31.7 Å². The van der Waals surface area contributed by atoms with E-state index in [2.05, 4.69) is 22.6 Å². The molecule has 0 spiro atoms. The van der Waals surface area contributed by atoms with Gasteiger partial charge in [0.05, 0.1) is 5.56 Å². The van der Waals surface area contributed by atoms with Crippen molar-refractivity contribution in [2.24, 2.45) is 0 Å². The summed E-state index contributed by atoms with van der Waals surface area (Å²) in [5.41, 5.74) is 1.44. The Balaban J connectivity index is 2.11. The maximum absolute atomic E-state index is 12.3. The molecule has 1 aliphatic rings. The smallest absolute Gasteiger partial charge is 0.253 e. The fourth-order valence-electron chi connectivity index (χ4n) is 2.36. The molecular weight excluding hydrogens is 262 g/mol. The zero-order valence-corrected chi connectivity index (χ0v) is 12.1. The molecule has 0 radical (unpaired) electrons. The first-order valence-corrected chi connectivity index (χ1v) is 7.00. The average molecular weight is 282 g/mol. The van der Waals surface area contributed by atoms with Crippen LogP contribution in [0.5, 0.6) is 0 Å². The minimum absolute atomic E-state index is 0.0567. The first-order valence-electron chi connectivity index (χ1n) is 6.63. The molecule has 0 aromatic heterocycles. The molecule has 1 aromatic rings. The zero-order chi connectivity index (χ0) is 13.8. The van der Waals surface area contributed by atoms with E-state index in [0.29, 0.717) is 10.6 Å². The van der Waals surface area contributed by atoms with Crippen LogP contribution in [0, 0.1) is 0 Å². The second kappa shape index (κ2) is 6.26. The van der Waals surface area contributed by atoms with Crippen LogP contribution in [0.25, 0.3) is 0 Å². The van der Waals surface area contributed by atoms with Gasteiger partial charge in [-0.1, -0.05) is 11.6 Å². The second-order valence-corrected chi connectivity index (χ2v) is 5.38. The Morgan fingerprint density at radius 2 is 2.32 bits per heavy atom. The Kier molecular flexibility index (Phi) is 4.66. The SMILES string of the molecule is CCNc1ccc(Cl)cc1C(=O)NC1CCN(C)C1. The molecule has 1 heterocycles. The lowest BCUT2D eigenvalue weighted by atomic mass is 10.1. The Bertz CT molecular complexity index is 464. The number of carbonyl (C=O) groups is 1. The van der Waals surface area contributed by atoms with E-state index in [1.54, 1.807) is 12.1 Å². The summed E-state index contributed by atoms with van der Waals surface area (Å²) < 4.78 is 0. The summed E-state index contributed by atoms with van der Waals surface area (Å²) in [5.74, 6) is -0.0567. The lowest BCUT2D eigenvalue weighted by molar-refractivity contribution is 0.0939. The number of anilines is 1. The predicted octanol–water partition coefficient (Wildman–Crippen LogP) is 2.21. The normalized spacial score (nSPS) is 19.4. The quantitative estimate of drug-likeness (QED) is 0.889. The molecular formula is C14H20ClN3O. The number of nitrogens with zero attached hydrogens (tertiary/aromatic N) is 1. The van der Waals surface area contributed by atoms with Crippen molar-refractivity contribution in [1.82, 2.24) is 10.2 Å². The van der Waals surface area contributed by atoms with Gasteiger partial charge in [0.1, 0.15) is 0 Å². The highest BCUT2D eigenvalue weighted by Crippen LogP contribution is 2.21. The molecule has 0 aliphatic carbocycles. The van der Waals surface area contributed by atoms with Crippen molar-refractivity contribution in [3.05, 3.63) is 28.8 Å². The first-order chi connectivity index (χ1) is 9.10. The molecule has 19 heavy (non-hydrogen) atoms. The molecule has 1 amide bonds. The minimum atomic E-state index is -0.0567. The number of hydrogen-bond donors (Lipinski definition) is 2. The van der Waals surface area contributed by atoms with Gasteiger partial charge >= 0.3 is 0 Å². The molecule has 2 rings (SSSR count). The van der Waals surface area contributed by atoms with Gasteiger partial charge in [0.15, 0.2) is 0 Å². The van der Waals surface area contributed by atoms with Crippen molar-refractivity contribution in [3.63, 3.8) is 0 Å². The third-order valence-electron chi connectivity index (χ3n) is 3.32. The number of amides is 1. The largest absolute Gasteiger partial charge is 0.385 e. The van der Waals surface area contributed by atoms with Crippen LogP contribution in [-0.2, 0) is 0 Å². The van der Waals surface area contributed by atoms with Crippen molar-refractivity contribution in [2.45, 2.75) is 19.4 Å². The van der Waals surface area contributed by atoms with Gasteiger partial charge in [-0.05, 0) is 45.1 Å². The molecule has 1 aliphatic heterocycles. The van der Waals surface area contributed by atoms with Gasteiger partial charge in [-0.2, -0.15) is 0 Å². The van der Waals surface area contributed by atoms with Gasteiger partial charge in [0.2, 0.25) is 0 Å². The van der Waals surface area contributed by atoms with Crippen LogP contribution in [0.2, 0.25) is 5.02 Å². The van der Waals surface area contributed by atoms with Gasteiger partial charge in [0, 0.05) is 29.8 Å². The van der Waals surface area contributed by atoms with E-state index in [-0.39, 0.29) is 11.9 Å². The maximum Gasteiger partial charge on any atom is 0.253 e. The van der Waals surface area contributed by atoms with Gasteiger partial charge < -0.3 is 15.5 Å². The van der Waals surface area contributed by atoms with Crippen LogP contribution in [0.1, 0.15) is 23.7 Å². The van der Waals surface area contributed by atoms with Crippen LogP contribution in [0.3, 0.4) is 0 Å². The monoisotopic (exact) mass is 281 g/mol. The summed E-state index contributed by atoms with van der Waals surface area (Å²) in [6.07, 6.45) is 0.999. The number of nitrogens with one attached hydrogen (secondary N) is 2. The number of likely N-dealkylation sites (N-methyl/N-ethyl adjacent to an activating group) is 1. The molecule has 0 saturated carbocycles. The van der Waals surface area contributed by atoms with E-state index in [1.165, 1.54) is 0 Å². The molecule has 1 aromatic carbocycles. The fourth-order valence-corrected chi connectivity index (χ4v) is 2.54. The topological polar surface area (TPSA) is 44.4 Å². The Morgan fingerprint density at radius 3 is 2.95 bits per heavy atom. The van der Waals surface area contributed by atoms with Crippen LogP contribution in [0.4, 0.5) is 5.69 Å². The molecule has 1 saturated heterocycles. The first kappa shape index (κ1) is 14.2. The lowest BCUT2D eigenvalue weighted by Crippen LogP contribution is -2.36. The fraction of sp³-hybridized carbons (Fsp3) is 0.500. The molecule has 4 nitrogen and oxygen atoms in total. The molecule has 1 atom stereocenters. The third kappa shape index (κ3) is 3.61. The van der Waals surface area contributed by atoms with Gasteiger partial charge in [-0.15, -0.1) is 0 Å². The summed E-state index contributed by atoms with van der Waals surface area (Å²) in [4.78, 5) is 14.5. The van der Waals surface area contributed by atoms with Crippen LogP contribution < -0.4 is 10.6 Å². The second-order valence-electron chi connectivity index (χ2n) is 4.94. The van der Waals surface area contributed by atoms with Crippen LogP contribution in [-0.4, -0.2) is 43.5 Å². The highest BCUT2D eigenvalue weighted by Gasteiger charge is 2.22. The molecule has 5 heteroatoms. The van der Waals surface area contributed by atoms with Crippen molar-refractivity contribution in [2.75, 3.05) is 32.0 Å². The van der Waals surface area contributed by atoms with E-state index < -0.39 is 0 Å². The van der Waals surface area contributed by atoms with Gasteiger partial charge in [-0.3, -0.25) is 4.79 Å². The number of halogens is 1. The molecule has 1 fully saturated rings. The molecule has 1 unspecified atom stereocenters. The van der Waals surface area contributed by atoms with E-state index in [4.69, 9.17) is 11.6 Å². The lowest BCUT2D eigenvalue weighted by Gasteiger charge is -2.15. The third-order valence-corrected chi connectivity index (χ3v) is 3.56. The van der Waals surface area contributed by atoms with Crippen LogP contribution in [0.15, 0.2) is 18.2 Å². The molecule has 2 N–H and O–H groups in total. The summed E-state index contributed by atoms with van der Waals surface area (Å²) >= 11 is 5.98.